The summed E-state index contributed by atoms with van der Waals surface area (Å²) in [5.74, 6) is -6.35. The third-order valence-electron chi connectivity index (χ3n) is 5.92. The van der Waals surface area contributed by atoms with Crippen LogP contribution in [0.2, 0.25) is 5.02 Å². The van der Waals surface area contributed by atoms with E-state index in [0.29, 0.717) is 5.02 Å². The number of hydrogen-bond donors (Lipinski definition) is 3. The zero-order chi connectivity index (χ0) is 31.4. The Balaban J connectivity index is 1.98. The number of nitrogens with one attached hydrogen (secondary N) is 2. The lowest BCUT2D eigenvalue weighted by Gasteiger charge is -2.30. The molecule has 1 aliphatic heterocycles. The summed E-state index contributed by atoms with van der Waals surface area (Å²) in [6.07, 6.45) is -4.44. The predicted molar refractivity (Wildman–Crippen MR) is 145 cm³/mol. The Hall–Kier alpha value is -3.07. The summed E-state index contributed by atoms with van der Waals surface area (Å²) in [6.45, 7) is 5.51. The van der Waals surface area contributed by atoms with Crippen molar-refractivity contribution in [1.82, 2.24) is 14.6 Å². The number of carbonyl (C=O) groups excluding carboxylic acids is 2. The standard InChI is InChI=1S/C25H32ClFN3O11P/c1-13(2)38-23(34)14(3)29-42(36,41-18-8-6-17(26)7-9-18)37-12-25(27)21(39-16(5)32)20(15(4)31)22(40-25)30-11-10-19(33)28-24(30)35/h6-11,13-15,20-22,31H,12H2,1-5H3,(H,29,36)(H,28,33,35)/t14?,15?,20?,21-,22+,25+,42?/m0/s1. The number of hydrogen-bond acceptors (Lipinski definition) is 11. The molecule has 0 amide bonds. The van der Waals surface area contributed by atoms with Gasteiger partial charge in [-0.15, -0.1) is 0 Å². The number of H-pyrrole nitrogens is 1. The Bertz CT molecular complexity index is 1430. The Morgan fingerprint density at radius 1 is 1.21 bits per heavy atom. The van der Waals surface area contributed by atoms with Crippen molar-refractivity contribution in [1.29, 1.82) is 0 Å². The van der Waals surface area contributed by atoms with Crippen LogP contribution in [-0.2, 0) is 32.9 Å². The third-order valence-corrected chi connectivity index (χ3v) is 7.80. The third kappa shape index (κ3) is 8.27. The van der Waals surface area contributed by atoms with Crippen LogP contribution in [0.15, 0.2) is 46.1 Å². The van der Waals surface area contributed by atoms with Gasteiger partial charge in [0, 0.05) is 24.2 Å². The normalized spacial score (nSPS) is 24.9. The van der Waals surface area contributed by atoms with Crippen molar-refractivity contribution in [3.63, 3.8) is 0 Å². The summed E-state index contributed by atoms with van der Waals surface area (Å²) in [4.78, 5) is 50.4. The fraction of sp³-hybridized carbons (Fsp3) is 0.520. The molecular weight excluding hydrogens is 604 g/mol. The summed E-state index contributed by atoms with van der Waals surface area (Å²) in [7, 11) is -4.65. The number of aliphatic hydroxyl groups is 1. The molecule has 1 aliphatic rings. The molecule has 0 aliphatic carbocycles. The van der Waals surface area contributed by atoms with E-state index in [9.17, 15) is 28.8 Å². The maximum Gasteiger partial charge on any atom is 0.459 e. The quantitative estimate of drug-likeness (QED) is 0.229. The minimum Gasteiger partial charge on any atom is -0.462 e. The first kappa shape index (κ1) is 33.4. The van der Waals surface area contributed by atoms with Gasteiger partial charge in [-0.3, -0.25) is 28.5 Å². The van der Waals surface area contributed by atoms with Crippen LogP contribution in [0, 0.1) is 5.92 Å². The lowest BCUT2D eigenvalue weighted by molar-refractivity contribution is -0.214. The van der Waals surface area contributed by atoms with E-state index in [1.54, 1.807) is 13.8 Å². The zero-order valence-corrected chi connectivity index (χ0v) is 25.0. The molecule has 232 valence electrons. The van der Waals surface area contributed by atoms with E-state index in [2.05, 4.69) is 5.09 Å². The van der Waals surface area contributed by atoms with Crippen LogP contribution in [-0.4, -0.2) is 63.4 Å². The zero-order valence-electron chi connectivity index (χ0n) is 23.3. The molecule has 3 rings (SSSR count). The Morgan fingerprint density at radius 2 is 1.86 bits per heavy atom. The van der Waals surface area contributed by atoms with Crippen LogP contribution >= 0.6 is 19.3 Å². The monoisotopic (exact) mass is 635 g/mol. The van der Waals surface area contributed by atoms with Gasteiger partial charge < -0.3 is 23.8 Å². The predicted octanol–water partition coefficient (Wildman–Crippen LogP) is 2.45. The van der Waals surface area contributed by atoms with Crippen LogP contribution in [0.25, 0.3) is 0 Å². The van der Waals surface area contributed by atoms with Crippen molar-refractivity contribution < 1.29 is 46.9 Å². The molecule has 2 aromatic rings. The van der Waals surface area contributed by atoms with Crippen molar-refractivity contribution in [2.75, 3.05) is 6.61 Å². The van der Waals surface area contributed by atoms with E-state index in [0.717, 1.165) is 23.8 Å². The highest BCUT2D eigenvalue weighted by Crippen LogP contribution is 2.50. The molecule has 0 bridgehead atoms. The van der Waals surface area contributed by atoms with Gasteiger partial charge in [-0.25, -0.2) is 13.8 Å². The van der Waals surface area contributed by atoms with E-state index in [4.69, 9.17) is 34.9 Å². The number of rotatable bonds is 12. The van der Waals surface area contributed by atoms with Crippen molar-refractivity contribution >= 4 is 31.3 Å². The van der Waals surface area contributed by atoms with Gasteiger partial charge in [0.1, 0.15) is 18.4 Å². The van der Waals surface area contributed by atoms with Gasteiger partial charge in [-0.2, -0.15) is 5.09 Å². The number of alkyl halides is 1. The van der Waals surface area contributed by atoms with Gasteiger partial charge in [0.2, 0.25) is 0 Å². The summed E-state index contributed by atoms with van der Waals surface area (Å²) in [6, 6.07) is 5.23. The molecule has 42 heavy (non-hydrogen) atoms. The lowest BCUT2D eigenvalue weighted by Crippen LogP contribution is -2.47. The molecular formula is C25H32ClFN3O11P. The number of esters is 2. The van der Waals surface area contributed by atoms with Gasteiger partial charge >= 0.3 is 25.4 Å². The van der Waals surface area contributed by atoms with Gasteiger partial charge in [0.05, 0.1) is 18.1 Å². The average Bonchev–Trinajstić information content (AvgIpc) is 3.15. The molecule has 4 unspecified atom stereocenters. The number of aromatic nitrogens is 2. The minimum atomic E-state index is -4.65. The number of aliphatic hydroxyl groups excluding tert-OH is 1. The summed E-state index contributed by atoms with van der Waals surface area (Å²) >= 11 is 5.90. The van der Waals surface area contributed by atoms with Gasteiger partial charge in [-0.05, 0) is 52.0 Å². The summed E-state index contributed by atoms with van der Waals surface area (Å²) in [5.41, 5.74) is -1.74. The SMILES string of the molecule is CC(=O)O[C@H]1C(C(C)O)[C@H](n2ccc(=O)[nH]c2=O)O[C@]1(F)COP(=O)(NC(C)C(=O)OC(C)C)Oc1ccc(Cl)cc1. The van der Waals surface area contributed by atoms with Crippen LogP contribution in [0.4, 0.5) is 4.39 Å². The fourth-order valence-corrected chi connectivity index (χ4v) is 5.76. The van der Waals surface area contributed by atoms with Crippen molar-refractivity contribution in [3.05, 3.63) is 62.4 Å². The van der Waals surface area contributed by atoms with Gasteiger partial charge in [0.15, 0.2) is 12.3 Å². The topological polar surface area (TPSA) is 184 Å². The Morgan fingerprint density at radius 3 is 2.40 bits per heavy atom. The van der Waals surface area contributed by atoms with E-state index >= 15 is 4.39 Å². The number of carbonyl (C=O) groups is 2. The largest absolute Gasteiger partial charge is 0.462 e. The van der Waals surface area contributed by atoms with E-state index < -0.39 is 79.9 Å². The molecule has 0 spiro atoms. The number of ether oxygens (including phenoxy) is 3. The molecule has 1 aromatic heterocycles. The van der Waals surface area contributed by atoms with Crippen LogP contribution in [0.5, 0.6) is 5.75 Å². The highest BCUT2D eigenvalue weighted by atomic mass is 35.5. The van der Waals surface area contributed by atoms with Crippen molar-refractivity contribution in [2.45, 2.75) is 71.1 Å². The highest BCUT2D eigenvalue weighted by molar-refractivity contribution is 7.52. The Labute approximate surface area is 244 Å². The number of benzene rings is 1. The van der Waals surface area contributed by atoms with Crippen molar-refractivity contribution in [2.24, 2.45) is 5.92 Å². The molecule has 14 nitrogen and oxygen atoms in total. The second kappa shape index (κ2) is 13.5. The average molecular weight is 636 g/mol. The van der Waals surface area contributed by atoms with Crippen LogP contribution < -0.4 is 20.9 Å². The van der Waals surface area contributed by atoms with Crippen LogP contribution in [0.1, 0.15) is 40.8 Å². The highest BCUT2D eigenvalue weighted by Gasteiger charge is 2.61. The molecule has 0 radical (unpaired) electrons. The second-order valence-electron chi connectivity index (χ2n) is 9.81. The molecule has 3 N–H and O–H groups in total. The molecule has 1 fully saturated rings. The maximum absolute atomic E-state index is 16.6. The van der Waals surface area contributed by atoms with E-state index in [1.165, 1.54) is 38.1 Å². The smallest absolute Gasteiger partial charge is 0.459 e. The van der Waals surface area contributed by atoms with E-state index in [1.807, 2.05) is 4.98 Å². The molecule has 0 saturated carbocycles. The van der Waals surface area contributed by atoms with E-state index in [-0.39, 0.29) is 5.75 Å². The van der Waals surface area contributed by atoms with Gasteiger partial charge in [0.25, 0.3) is 11.4 Å². The van der Waals surface area contributed by atoms with Gasteiger partial charge in [-0.1, -0.05) is 11.6 Å². The number of nitrogens with zero attached hydrogens (tertiary/aromatic N) is 1. The molecule has 17 heteroatoms. The number of aromatic amines is 1. The van der Waals surface area contributed by atoms with Crippen molar-refractivity contribution in [3.8, 4) is 5.75 Å². The summed E-state index contributed by atoms with van der Waals surface area (Å²) in [5, 5.41) is 13.2. The first-order valence-corrected chi connectivity index (χ1v) is 14.7. The first-order valence-electron chi connectivity index (χ1n) is 12.7. The maximum atomic E-state index is 16.6. The second-order valence-corrected chi connectivity index (χ2v) is 11.9. The fourth-order valence-electron chi connectivity index (χ4n) is 4.13. The molecule has 1 saturated heterocycles. The Kier molecular flexibility index (Phi) is 10.7. The number of halogens is 2. The molecule has 1 aromatic carbocycles. The minimum absolute atomic E-state index is 0.0315. The lowest BCUT2D eigenvalue weighted by atomic mass is 9.93. The van der Waals surface area contributed by atoms with Crippen LogP contribution in [0.3, 0.4) is 0 Å². The molecule has 2 heterocycles. The summed E-state index contributed by atoms with van der Waals surface area (Å²) < 4.78 is 58.0. The molecule has 7 atom stereocenters. The first-order chi connectivity index (χ1) is 19.5.